The second-order valence-electron chi connectivity index (χ2n) is 9.02. The van der Waals surface area contributed by atoms with Crippen LogP contribution in [0.1, 0.15) is 37.7 Å². The van der Waals surface area contributed by atoms with Gasteiger partial charge in [0.1, 0.15) is 0 Å². The second-order valence-corrected chi connectivity index (χ2v) is 9.43. The minimum atomic E-state index is -0.0000597. The number of hydrogen-bond acceptors (Lipinski definition) is 3. The summed E-state index contributed by atoms with van der Waals surface area (Å²) >= 11 is 6.55. The summed E-state index contributed by atoms with van der Waals surface area (Å²) in [6, 6.07) is 19.5. The number of halogens is 1. The molecule has 0 radical (unpaired) electrons. The van der Waals surface area contributed by atoms with Gasteiger partial charge in [-0.25, -0.2) is 0 Å². The smallest absolute Gasteiger partial charge is 0.228 e. The van der Waals surface area contributed by atoms with Gasteiger partial charge in [0.25, 0.3) is 0 Å². The van der Waals surface area contributed by atoms with Gasteiger partial charge >= 0.3 is 0 Å². The van der Waals surface area contributed by atoms with Gasteiger partial charge in [0.2, 0.25) is 11.8 Å². The van der Waals surface area contributed by atoms with Crippen LogP contribution in [0.5, 0.6) is 0 Å². The molecule has 2 unspecified atom stereocenters. The standard InChI is InChI=1S/C27H26ClN3O2/c1-17(32)31(16-18-7-8-18)26-12-9-20(13-24(26)28)25-11-10-21(15-29-25)30-27(33)23-14-22(23)19-5-3-2-4-6-19/h2-6,9-13,15,18,22-23H,7-8,14,16H2,1H3,(H,30,33). The molecule has 2 fully saturated rings. The van der Waals surface area contributed by atoms with E-state index in [2.05, 4.69) is 22.4 Å². The highest BCUT2D eigenvalue weighted by Gasteiger charge is 2.43. The third kappa shape index (κ3) is 4.93. The molecule has 33 heavy (non-hydrogen) atoms. The van der Waals surface area contributed by atoms with E-state index in [-0.39, 0.29) is 17.7 Å². The first-order valence-corrected chi connectivity index (χ1v) is 11.8. The number of benzene rings is 2. The Balaban J connectivity index is 1.24. The Hall–Kier alpha value is -3.18. The lowest BCUT2D eigenvalue weighted by molar-refractivity contribution is -0.117. The topological polar surface area (TPSA) is 62.3 Å². The molecule has 5 nitrogen and oxygen atoms in total. The number of amides is 2. The van der Waals surface area contributed by atoms with Crippen LogP contribution in [0.4, 0.5) is 11.4 Å². The predicted octanol–water partition coefficient (Wildman–Crippen LogP) is 5.91. The van der Waals surface area contributed by atoms with E-state index in [1.165, 1.54) is 18.4 Å². The summed E-state index contributed by atoms with van der Waals surface area (Å²) in [5, 5.41) is 3.51. The van der Waals surface area contributed by atoms with Crippen LogP contribution in [-0.4, -0.2) is 23.3 Å². The molecule has 2 aromatic carbocycles. The van der Waals surface area contributed by atoms with E-state index in [4.69, 9.17) is 11.6 Å². The van der Waals surface area contributed by atoms with Crippen molar-refractivity contribution in [2.24, 2.45) is 11.8 Å². The van der Waals surface area contributed by atoms with Gasteiger partial charge in [-0.15, -0.1) is 0 Å². The molecule has 2 amide bonds. The van der Waals surface area contributed by atoms with Crippen LogP contribution in [0.15, 0.2) is 66.9 Å². The number of rotatable bonds is 7. The molecule has 3 aromatic rings. The first-order chi connectivity index (χ1) is 16.0. The maximum absolute atomic E-state index is 12.6. The Kier molecular flexibility index (Phi) is 5.90. The van der Waals surface area contributed by atoms with Crippen LogP contribution >= 0.6 is 11.6 Å². The number of carbonyl (C=O) groups is 2. The fraction of sp³-hybridized carbons (Fsp3) is 0.296. The van der Waals surface area contributed by atoms with E-state index in [9.17, 15) is 9.59 Å². The molecular formula is C27H26ClN3O2. The van der Waals surface area contributed by atoms with Crippen molar-refractivity contribution in [3.05, 3.63) is 77.4 Å². The number of carbonyl (C=O) groups excluding carboxylic acids is 2. The van der Waals surface area contributed by atoms with Gasteiger partial charge in [-0.3, -0.25) is 14.6 Å². The molecule has 0 aliphatic heterocycles. The SMILES string of the molecule is CC(=O)N(CC1CC1)c1ccc(-c2ccc(NC(=O)C3CC3c3ccccc3)cn2)cc1Cl. The van der Waals surface area contributed by atoms with E-state index >= 15 is 0 Å². The Morgan fingerprint density at radius 3 is 2.52 bits per heavy atom. The molecule has 2 aliphatic rings. The Bertz CT molecular complexity index is 1180. The van der Waals surface area contributed by atoms with Crippen molar-refractivity contribution in [3.8, 4) is 11.3 Å². The van der Waals surface area contributed by atoms with E-state index < -0.39 is 0 Å². The normalized spacial score (nSPS) is 19.1. The summed E-state index contributed by atoms with van der Waals surface area (Å²) in [6.45, 7) is 2.29. The molecule has 2 aliphatic carbocycles. The highest BCUT2D eigenvalue weighted by Crippen LogP contribution is 2.47. The fourth-order valence-electron chi connectivity index (χ4n) is 4.27. The van der Waals surface area contributed by atoms with Crippen LogP contribution in [-0.2, 0) is 9.59 Å². The second kappa shape index (κ2) is 8.99. The van der Waals surface area contributed by atoms with Crippen LogP contribution in [0.2, 0.25) is 5.02 Å². The highest BCUT2D eigenvalue weighted by atomic mass is 35.5. The molecule has 0 spiro atoms. The van der Waals surface area contributed by atoms with E-state index in [0.29, 0.717) is 29.1 Å². The Morgan fingerprint density at radius 1 is 1.09 bits per heavy atom. The molecule has 2 saturated carbocycles. The van der Waals surface area contributed by atoms with E-state index in [1.807, 2.05) is 48.5 Å². The zero-order chi connectivity index (χ0) is 22.9. The quantitative estimate of drug-likeness (QED) is 0.478. The number of hydrogen-bond donors (Lipinski definition) is 1. The van der Waals surface area contributed by atoms with Gasteiger partial charge in [-0.05, 0) is 60.9 Å². The first-order valence-electron chi connectivity index (χ1n) is 11.4. The summed E-state index contributed by atoms with van der Waals surface area (Å²) in [7, 11) is 0. The lowest BCUT2D eigenvalue weighted by atomic mass is 10.1. The molecule has 0 saturated heterocycles. The number of nitrogens with one attached hydrogen (secondary N) is 1. The number of anilines is 2. The fourth-order valence-corrected chi connectivity index (χ4v) is 4.55. The lowest BCUT2D eigenvalue weighted by Gasteiger charge is -2.22. The third-order valence-electron chi connectivity index (χ3n) is 6.44. The molecule has 1 N–H and O–H groups in total. The van der Waals surface area contributed by atoms with Crippen molar-refractivity contribution >= 4 is 34.8 Å². The minimum Gasteiger partial charge on any atom is -0.324 e. The largest absolute Gasteiger partial charge is 0.324 e. The summed E-state index contributed by atoms with van der Waals surface area (Å²) in [5.74, 6) is 0.922. The molecule has 6 heteroatoms. The Labute approximate surface area is 198 Å². The molecule has 2 atom stereocenters. The molecule has 5 rings (SSSR count). The highest BCUT2D eigenvalue weighted by molar-refractivity contribution is 6.34. The molecule has 1 aromatic heterocycles. The lowest BCUT2D eigenvalue weighted by Crippen LogP contribution is -2.30. The monoisotopic (exact) mass is 459 g/mol. The zero-order valence-corrected chi connectivity index (χ0v) is 19.3. The van der Waals surface area contributed by atoms with Crippen molar-refractivity contribution in [2.75, 3.05) is 16.8 Å². The van der Waals surface area contributed by atoms with Crippen molar-refractivity contribution < 1.29 is 9.59 Å². The van der Waals surface area contributed by atoms with Crippen LogP contribution < -0.4 is 10.2 Å². The number of pyridine rings is 1. The van der Waals surface area contributed by atoms with Gasteiger partial charge in [-0.2, -0.15) is 0 Å². The Morgan fingerprint density at radius 2 is 1.88 bits per heavy atom. The van der Waals surface area contributed by atoms with Crippen molar-refractivity contribution in [3.63, 3.8) is 0 Å². The van der Waals surface area contributed by atoms with Gasteiger partial charge in [0.05, 0.1) is 28.3 Å². The number of aromatic nitrogens is 1. The summed E-state index contributed by atoms with van der Waals surface area (Å²) in [4.78, 5) is 31.0. The molecule has 0 bridgehead atoms. The minimum absolute atomic E-state index is 0.0000597. The average Bonchev–Trinajstić information content (AvgIpc) is 3.74. The van der Waals surface area contributed by atoms with Crippen LogP contribution in [0.25, 0.3) is 11.3 Å². The van der Waals surface area contributed by atoms with Gasteiger partial charge in [-0.1, -0.05) is 48.0 Å². The van der Waals surface area contributed by atoms with E-state index in [0.717, 1.165) is 23.4 Å². The first kappa shape index (κ1) is 21.7. The van der Waals surface area contributed by atoms with Gasteiger partial charge < -0.3 is 10.2 Å². The van der Waals surface area contributed by atoms with Crippen LogP contribution in [0.3, 0.4) is 0 Å². The summed E-state index contributed by atoms with van der Waals surface area (Å²) in [5.41, 5.74) is 4.25. The molecular weight excluding hydrogens is 434 g/mol. The van der Waals surface area contributed by atoms with Gasteiger partial charge in [0, 0.05) is 24.9 Å². The van der Waals surface area contributed by atoms with Crippen LogP contribution in [0, 0.1) is 11.8 Å². The predicted molar refractivity (Wildman–Crippen MR) is 131 cm³/mol. The van der Waals surface area contributed by atoms with Crippen molar-refractivity contribution in [1.29, 1.82) is 0 Å². The maximum atomic E-state index is 12.6. The number of nitrogens with zero attached hydrogens (tertiary/aromatic N) is 2. The van der Waals surface area contributed by atoms with Gasteiger partial charge in [0.15, 0.2) is 0 Å². The maximum Gasteiger partial charge on any atom is 0.228 e. The third-order valence-corrected chi connectivity index (χ3v) is 6.74. The average molecular weight is 460 g/mol. The van der Waals surface area contributed by atoms with Crippen molar-refractivity contribution in [2.45, 2.75) is 32.1 Å². The molecule has 1 heterocycles. The van der Waals surface area contributed by atoms with Crippen molar-refractivity contribution in [1.82, 2.24) is 4.98 Å². The van der Waals surface area contributed by atoms with E-state index in [1.54, 1.807) is 18.0 Å². The summed E-state index contributed by atoms with van der Waals surface area (Å²) < 4.78 is 0. The summed E-state index contributed by atoms with van der Waals surface area (Å²) in [6.07, 6.45) is 4.88. The molecule has 168 valence electrons. The zero-order valence-electron chi connectivity index (χ0n) is 18.5.